The Kier molecular flexibility index (Phi) is 4.01. The summed E-state index contributed by atoms with van der Waals surface area (Å²) >= 11 is 1.49. The Morgan fingerprint density at radius 3 is 3.12 bits per heavy atom. The van der Waals surface area contributed by atoms with Crippen LogP contribution in [0.4, 0.5) is 0 Å². The van der Waals surface area contributed by atoms with Gasteiger partial charge in [0.25, 0.3) is 0 Å². The molecule has 1 atom stereocenters. The highest BCUT2D eigenvalue weighted by Crippen LogP contribution is 2.18. The lowest BCUT2D eigenvalue weighted by Gasteiger charge is -2.14. The van der Waals surface area contributed by atoms with Crippen molar-refractivity contribution in [1.29, 1.82) is 0 Å². The summed E-state index contributed by atoms with van der Waals surface area (Å²) < 4.78 is 2.14. The van der Waals surface area contributed by atoms with E-state index < -0.39 is 12.0 Å². The number of aliphatic carboxylic acids is 1. The van der Waals surface area contributed by atoms with Crippen LogP contribution in [0.25, 0.3) is 0 Å². The van der Waals surface area contributed by atoms with E-state index in [9.17, 15) is 4.79 Å². The third kappa shape index (κ3) is 2.98. The Labute approximate surface area is 104 Å². The topological polar surface area (TPSA) is 94.0 Å². The first-order chi connectivity index (χ1) is 8.18. The highest BCUT2D eigenvalue weighted by molar-refractivity contribution is 7.98. The maximum absolute atomic E-state index is 10.6. The van der Waals surface area contributed by atoms with E-state index in [-0.39, 0.29) is 0 Å². The standard InChI is InChI=1S/C10H16N4O2S/c11-7(10(15)16)5-17-6-9-13-12-8-3-1-2-4-14(8)9/h7H,1-6,11H2,(H,15,16). The van der Waals surface area contributed by atoms with Crippen LogP contribution in [0.15, 0.2) is 0 Å². The van der Waals surface area contributed by atoms with Crippen LogP contribution in [0.5, 0.6) is 0 Å². The number of hydrogen-bond acceptors (Lipinski definition) is 5. The fraction of sp³-hybridized carbons (Fsp3) is 0.700. The van der Waals surface area contributed by atoms with Gasteiger partial charge in [0.15, 0.2) is 0 Å². The van der Waals surface area contributed by atoms with E-state index in [4.69, 9.17) is 10.8 Å². The summed E-state index contributed by atoms with van der Waals surface area (Å²) in [5, 5.41) is 16.9. The molecule has 0 saturated heterocycles. The van der Waals surface area contributed by atoms with E-state index in [2.05, 4.69) is 14.8 Å². The molecule has 1 aromatic rings. The van der Waals surface area contributed by atoms with Crippen LogP contribution < -0.4 is 5.73 Å². The number of fused-ring (bicyclic) bond motifs is 1. The summed E-state index contributed by atoms with van der Waals surface area (Å²) in [6.07, 6.45) is 3.33. The van der Waals surface area contributed by atoms with Gasteiger partial charge in [-0.3, -0.25) is 4.79 Å². The zero-order valence-electron chi connectivity index (χ0n) is 9.50. The van der Waals surface area contributed by atoms with Crippen LogP contribution in [-0.4, -0.2) is 37.6 Å². The second-order valence-corrected chi connectivity index (χ2v) is 5.13. The van der Waals surface area contributed by atoms with Crippen molar-refractivity contribution in [1.82, 2.24) is 14.8 Å². The van der Waals surface area contributed by atoms with E-state index >= 15 is 0 Å². The molecule has 7 heteroatoms. The molecular formula is C10H16N4O2S. The average Bonchev–Trinajstić information content (AvgIpc) is 2.72. The molecule has 3 N–H and O–H groups in total. The number of rotatable bonds is 5. The molecule has 17 heavy (non-hydrogen) atoms. The smallest absolute Gasteiger partial charge is 0.321 e. The van der Waals surface area contributed by atoms with Gasteiger partial charge in [0.05, 0.1) is 5.75 Å². The van der Waals surface area contributed by atoms with Gasteiger partial charge in [-0.05, 0) is 12.8 Å². The molecule has 0 saturated carbocycles. The number of aromatic nitrogens is 3. The van der Waals surface area contributed by atoms with Crippen molar-refractivity contribution in [2.45, 2.75) is 37.6 Å². The van der Waals surface area contributed by atoms with Gasteiger partial charge in [-0.15, -0.1) is 10.2 Å². The number of carbonyl (C=O) groups is 1. The molecule has 0 bridgehead atoms. The molecule has 0 aliphatic carbocycles. The molecule has 2 rings (SSSR count). The summed E-state index contributed by atoms with van der Waals surface area (Å²) in [5.41, 5.74) is 5.43. The zero-order chi connectivity index (χ0) is 12.3. The molecule has 1 unspecified atom stereocenters. The minimum atomic E-state index is -0.958. The van der Waals surface area contributed by atoms with Crippen molar-refractivity contribution in [3.05, 3.63) is 11.6 Å². The monoisotopic (exact) mass is 256 g/mol. The van der Waals surface area contributed by atoms with E-state index in [1.807, 2.05) is 0 Å². The number of hydrogen-bond donors (Lipinski definition) is 2. The number of carboxylic acids is 1. The minimum absolute atomic E-state index is 0.400. The maximum atomic E-state index is 10.6. The van der Waals surface area contributed by atoms with Gasteiger partial charge in [-0.2, -0.15) is 11.8 Å². The molecule has 0 radical (unpaired) electrons. The van der Waals surface area contributed by atoms with Crippen molar-refractivity contribution >= 4 is 17.7 Å². The lowest BCUT2D eigenvalue weighted by Crippen LogP contribution is -2.32. The van der Waals surface area contributed by atoms with Crippen LogP contribution in [0.3, 0.4) is 0 Å². The Balaban J connectivity index is 1.87. The summed E-state index contributed by atoms with van der Waals surface area (Å²) in [6, 6.07) is -0.802. The van der Waals surface area contributed by atoms with E-state index in [0.717, 1.165) is 31.0 Å². The lowest BCUT2D eigenvalue weighted by atomic mass is 10.2. The number of nitrogens with zero attached hydrogens (tertiary/aromatic N) is 3. The van der Waals surface area contributed by atoms with Crippen LogP contribution in [0.2, 0.25) is 0 Å². The van der Waals surface area contributed by atoms with Crippen molar-refractivity contribution in [3.63, 3.8) is 0 Å². The quantitative estimate of drug-likeness (QED) is 0.784. The molecule has 1 aromatic heterocycles. The third-order valence-corrected chi connectivity index (χ3v) is 3.84. The van der Waals surface area contributed by atoms with E-state index in [1.54, 1.807) is 0 Å². The molecule has 94 valence electrons. The Morgan fingerprint density at radius 2 is 2.35 bits per heavy atom. The first-order valence-electron chi connectivity index (χ1n) is 5.65. The van der Waals surface area contributed by atoms with Gasteiger partial charge in [-0.1, -0.05) is 0 Å². The van der Waals surface area contributed by atoms with Crippen LogP contribution >= 0.6 is 11.8 Å². The van der Waals surface area contributed by atoms with Gasteiger partial charge in [0, 0.05) is 18.7 Å². The zero-order valence-corrected chi connectivity index (χ0v) is 10.3. The van der Waals surface area contributed by atoms with Gasteiger partial charge in [0.2, 0.25) is 0 Å². The second-order valence-electron chi connectivity index (χ2n) is 4.10. The first kappa shape index (κ1) is 12.4. The average molecular weight is 256 g/mol. The lowest BCUT2D eigenvalue weighted by molar-refractivity contribution is -0.137. The van der Waals surface area contributed by atoms with Crippen molar-refractivity contribution in [3.8, 4) is 0 Å². The molecule has 1 aliphatic heterocycles. The van der Waals surface area contributed by atoms with Gasteiger partial charge >= 0.3 is 5.97 Å². The van der Waals surface area contributed by atoms with Crippen LogP contribution in [-0.2, 0) is 23.5 Å². The molecule has 1 aliphatic rings. The molecular weight excluding hydrogens is 240 g/mol. The first-order valence-corrected chi connectivity index (χ1v) is 6.81. The molecule has 0 fully saturated rings. The molecule has 0 amide bonds. The predicted molar refractivity (Wildman–Crippen MR) is 64.7 cm³/mol. The number of nitrogens with two attached hydrogens (primary N) is 1. The predicted octanol–water partition coefficient (Wildman–Crippen LogP) is 0.259. The van der Waals surface area contributed by atoms with Gasteiger partial charge < -0.3 is 15.4 Å². The summed E-state index contributed by atoms with van der Waals surface area (Å²) in [5.74, 6) is 2.10. The SMILES string of the molecule is NC(CSCc1nnc2n1CCCC2)C(=O)O. The summed E-state index contributed by atoms with van der Waals surface area (Å²) in [6.45, 7) is 0.975. The molecule has 6 nitrogen and oxygen atoms in total. The second kappa shape index (κ2) is 5.50. The number of aryl methyl sites for hydroxylation is 1. The van der Waals surface area contributed by atoms with Crippen LogP contribution in [0.1, 0.15) is 24.5 Å². The summed E-state index contributed by atoms with van der Waals surface area (Å²) in [7, 11) is 0. The number of thioether (sulfide) groups is 1. The highest BCUT2D eigenvalue weighted by atomic mass is 32.2. The Morgan fingerprint density at radius 1 is 1.53 bits per heavy atom. The van der Waals surface area contributed by atoms with Gasteiger partial charge in [-0.25, -0.2) is 0 Å². The fourth-order valence-corrected chi connectivity index (χ4v) is 2.73. The molecule has 0 spiro atoms. The Bertz CT molecular complexity index is 407. The fourth-order valence-electron chi connectivity index (χ4n) is 1.82. The van der Waals surface area contributed by atoms with E-state index in [1.165, 1.54) is 18.2 Å². The Hall–Kier alpha value is -1.08. The largest absolute Gasteiger partial charge is 0.480 e. The van der Waals surface area contributed by atoms with Crippen LogP contribution in [0, 0.1) is 0 Å². The number of carboxylic acid groups (broad SMARTS) is 1. The normalized spacial score (nSPS) is 16.5. The minimum Gasteiger partial charge on any atom is -0.480 e. The third-order valence-electron chi connectivity index (χ3n) is 2.78. The summed E-state index contributed by atoms with van der Waals surface area (Å²) in [4.78, 5) is 10.6. The van der Waals surface area contributed by atoms with Crippen molar-refractivity contribution in [2.24, 2.45) is 5.73 Å². The van der Waals surface area contributed by atoms with Crippen molar-refractivity contribution in [2.75, 3.05) is 5.75 Å². The highest BCUT2D eigenvalue weighted by Gasteiger charge is 2.16. The molecule has 0 aromatic carbocycles. The van der Waals surface area contributed by atoms with Crippen molar-refractivity contribution < 1.29 is 9.90 Å². The van der Waals surface area contributed by atoms with E-state index in [0.29, 0.717) is 11.5 Å². The van der Waals surface area contributed by atoms with Gasteiger partial charge in [0.1, 0.15) is 17.7 Å². The molecule has 2 heterocycles. The maximum Gasteiger partial charge on any atom is 0.321 e.